The fourth-order valence-electron chi connectivity index (χ4n) is 11.7. The molecule has 0 saturated heterocycles. The summed E-state index contributed by atoms with van der Waals surface area (Å²) in [5, 5.41) is 16.7. The first kappa shape index (κ1) is 42.2. The number of hydrogen-bond donors (Lipinski definition) is 0. The highest BCUT2D eigenvalue weighted by molar-refractivity contribution is 6.26. The van der Waals surface area contributed by atoms with Crippen molar-refractivity contribution in [3.05, 3.63) is 243 Å². The molecule has 6 heteroatoms. The van der Waals surface area contributed by atoms with Gasteiger partial charge in [-0.2, -0.15) is 0 Å². The van der Waals surface area contributed by atoms with Gasteiger partial charge in [0, 0.05) is 56.5 Å². The van der Waals surface area contributed by atoms with E-state index in [1.54, 1.807) is 0 Å². The largest absolute Gasteiger partial charge is 0.256 e. The van der Waals surface area contributed by atoms with Crippen LogP contribution in [0.25, 0.3) is 165 Å². The van der Waals surface area contributed by atoms with Gasteiger partial charge in [-0.05, 0) is 124 Å². The van der Waals surface area contributed by atoms with E-state index < -0.39 is 0 Å². The van der Waals surface area contributed by atoms with E-state index in [-0.39, 0.29) is 0 Å². The molecule has 0 unspecified atom stereocenters. The molecule has 4 heterocycles. The van der Waals surface area contributed by atoms with Gasteiger partial charge in [-0.15, -0.1) is 0 Å². The van der Waals surface area contributed by atoms with Crippen LogP contribution in [0.3, 0.4) is 0 Å². The van der Waals surface area contributed by atoms with Crippen molar-refractivity contribution in [3.8, 4) is 78.9 Å². The SMILES string of the molecule is c1ccc2ncc(-c3cc(-c4ccc(-c5ccc(-c6cc(-c7cnc8ccccc8c7)nc(-c7ccc8ccc9cccc%10ccc7c8c9%10)n6)cc5)cc4)nc(-c4ccc5ccc6cccc7ccc4c5c67)n3)cc2c1. The summed E-state index contributed by atoms with van der Waals surface area (Å²) in [5.41, 5.74) is 13.2. The predicted molar refractivity (Wildman–Crippen MR) is 314 cm³/mol. The second kappa shape index (κ2) is 16.6. The Balaban J connectivity index is 0.785. The minimum atomic E-state index is 0.672. The van der Waals surface area contributed by atoms with Crippen molar-refractivity contribution in [2.75, 3.05) is 0 Å². The third-order valence-electron chi connectivity index (χ3n) is 15.5. The molecule has 0 spiro atoms. The summed E-state index contributed by atoms with van der Waals surface area (Å²) in [6.07, 6.45) is 3.84. The molecule has 76 heavy (non-hydrogen) atoms. The number of nitrogens with zero attached hydrogens (tertiary/aromatic N) is 6. The van der Waals surface area contributed by atoms with Gasteiger partial charge in [-0.3, -0.25) is 9.97 Å². The van der Waals surface area contributed by atoms with Crippen LogP contribution >= 0.6 is 0 Å². The molecule has 4 aromatic heterocycles. The first-order valence-corrected chi connectivity index (χ1v) is 25.6. The second-order valence-corrected chi connectivity index (χ2v) is 19.9. The van der Waals surface area contributed by atoms with Crippen LogP contribution < -0.4 is 0 Å². The lowest BCUT2D eigenvalue weighted by molar-refractivity contribution is 1.18. The highest BCUT2D eigenvalue weighted by Gasteiger charge is 2.20. The van der Waals surface area contributed by atoms with Crippen molar-refractivity contribution in [1.29, 1.82) is 0 Å². The zero-order valence-corrected chi connectivity index (χ0v) is 40.8. The molecular weight excluding hydrogens is 925 g/mol. The summed E-state index contributed by atoms with van der Waals surface area (Å²) in [7, 11) is 0. The van der Waals surface area contributed by atoms with Crippen molar-refractivity contribution in [2.45, 2.75) is 0 Å². The van der Waals surface area contributed by atoms with Gasteiger partial charge in [0.1, 0.15) is 0 Å². The zero-order valence-electron chi connectivity index (χ0n) is 40.8. The summed E-state index contributed by atoms with van der Waals surface area (Å²) in [4.78, 5) is 31.0. The maximum absolute atomic E-state index is 5.35. The molecule has 0 atom stereocenters. The molecule has 0 aliphatic rings. The molecule has 0 fully saturated rings. The molecule has 350 valence electrons. The van der Waals surface area contributed by atoms with E-state index in [2.05, 4.69) is 194 Å². The fourth-order valence-corrected chi connectivity index (χ4v) is 11.7. The van der Waals surface area contributed by atoms with Gasteiger partial charge in [0.05, 0.1) is 33.8 Å². The first-order chi connectivity index (χ1) is 37.6. The molecule has 16 rings (SSSR count). The van der Waals surface area contributed by atoms with E-state index in [9.17, 15) is 0 Å². The number of aromatic nitrogens is 6. The van der Waals surface area contributed by atoms with Crippen LogP contribution in [-0.2, 0) is 0 Å². The van der Waals surface area contributed by atoms with Crippen LogP contribution in [0.1, 0.15) is 0 Å². The fraction of sp³-hybridized carbons (Fsp3) is 0. The molecule has 0 amide bonds. The van der Waals surface area contributed by atoms with Crippen LogP contribution in [0.2, 0.25) is 0 Å². The van der Waals surface area contributed by atoms with Crippen LogP contribution in [0, 0.1) is 0 Å². The Morgan fingerprint density at radius 1 is 0.224 bits per heavy atom. The van der Waals surface area contributed by atoms with Crippen molar-refractivity contribution in [3.63, 3.8) is 0 Å². The quantitative estimate of drug-likeness (QED) is 0.148. The monoisotopic (exact) mass is 964 g/mol. The van der Waals surface area contributed by atoms with Crippen LogP contribution in [0.4, 0.5) is 0 Å². The summed E-state index contributed by atoms with van der Waals surface area (Å²) >= 11 is 0. The number of fused-ring (bicyclic) bond motifs is 2. The standard InChI is InChI=1S/C70H40N6/c1-3-13-59-51(7-1)35-53(39-71-59)63-37-61(73-69(75-63)57-33-29-49-25-23-45-9-5-11-47-27-31-55(57)67(49)65(45)47)43-19-15-41(16-20-43)42-17-21-44(22-18-42)62-38-64(54-36-52-8-2-4-14-60(52)72-40-54)76-70(74-62)58-34-30-50-26-24-46-10-6-12-48-28-32-56(58)68(50)66(46)48/h1-40H. The van der Waals surface area contributed by atoms with Crippen molar-refractivity contribution in [2.24, 2.45) is 0 Å². The maximum atomic E-state index is 5.35. The molecule has 6 nitrogen and oxygen atoms in total. The van der Waals surface area contributed by atoms with E-state index >= 15 is 0 Å². The van der Waals surface area contributed by atoms with Crippen LogP contribution in [0.15, 0.2) is 243 Å². The number of benzene rings is 12. The topological polar surface area (TPSA) is 77.3 Å². The van der Waals surface area contributed by atoms with E-state index in [0.717, 1.165) is 99.9 Å². The summed E-state index contributed by atoms with van der Waals surface area (Å²) in [6.45, 7) is 0. The molecule has 0 aliphatic carbocycles. The lowest BCUT2D eigenvalue weighted by Crippen LogP contribution is -1.98. The Morgan fingerprint density at radius 2 is 0.553 bits per heavy atom. The average molecular weight is 965 g/mol. The molecule has 0 radical (unpaired) electrons. The molecule has 0 bridgehead atoms. The molecular formula is C70H40N6. The van der Waals surface area contributed by atoms with E-state index in [4.69, 9.17) is 29.9 Å². The number of pyridine rings is 2. The highest BCUT2D eigenvalue weighted by atomic mass is 14.9. The lowest BCUT2D eigenvalue weighted by atomic mass is 9.91. The van der Waals surface area contributed by atoms with Gasteiger partial charge >= 0.3 is 0 Å². The van der Waals surface area contributed by atoms with Gasteiger partial charge < -0.3 is 0 Å². The number of para-hydroxylation sites is 2. The minimum absolute atomic E-state index is 0.672. The smallest absolute Gasteiger partial charge is 0.161 e. The van der Waals surface area contributed by atoms with Crippen molar-refractivity contribution >= 4 is 86.4 Å². The molecule has 0 aliphatic heterocycles. The third-order valence-corrected chi connectivity index (χ3v) is 15.5. The third kappa shape index (κ3) is 6.81. The highest BCUT2D eigenvalue weighted by Crippen LogP contribution is 2.42. The molecule has 12 aromatic carbocycles. The first-order valence-electron chi connectivity index (χ1n) is 25.6. The van der Waals surface area contributed by atoms with Crippen molar-refractivity contribution in [1.82, 2.24) is 29.9 Å². The second-order valence-electron chi connectivity index (χ2n) is 19.9. The number of rotatable bonds is 7. The summed E-state index contributed by atoms with van der Waals surface area (Å²) < 4.78 is 0. The summed E-state index contributed by atoms with van der Waals surface area (Å²) in [5.74, 6) is 1.34. The Bertz CT molecular complexity index is 4640. The molecule has 16 aromatic rings. The summed E-state index contributed by atoms with van der Waals surface area (Å²) in [6, 6.07) is 81.9. The van der Waals surface area contributed by atoms with Gasteiger partial charge in [-0.1, -0.05) is 182 Å². The lowest BCUT2D eigenvalue weighted by Gasteiger charge is -2.15. The van der Waals surface area contributed by atoms with Gasteiger partial charge in [0.2, 0.25) is 0 Å². The van der Waals surface area contributed by atoms with E-state index in [1.165, 1.54) is 53.9 Å². The Morgan fingerprint density at radius 3 is 0.974 bits per heavy atom. The number of hydrogen-bond acceptors (Lipinski definition) is 6. The van der Waals surface area contributed by atoms with Gasteiger partial charge in [0.25, 0.3) is 0 Å². The average Bonchev–Trinajstić information content (AvgIpc) is 3.49. The minimum Gasteiger partial charge on any atom is -0.256 e. The van der Waals surface area contributed by atoms with Gasteiger partial charge in [-0.25, -0.2) is 19.9 Å². The van der Waals surface area contributed by atoms with E-state index in [0.29, 0.717) is 11.6 Å². The molecule has 0 saturated carbocycles. The Labute approximate surface area is 436 Å². The maximum Gasteiger partial charge on any atom is 0.161 e. The predicted octanol–water partition coefficient (Wildman–Crippen LogP) is 17.8. The van der Waals surface area contributed by atoms with Crippen LogP contribution in [-0.4, -0.2) is 29.9 Å². The molecule has 0 N–H and O–H groups in total. The normalized spacial score (nSPS) is 11.9. The Kier molecular flexibility index (Phi) is 9.23. The van der Waals surface area contributed by atoms with E-state index in [1.807, 2.05) is 48.8 Å². The van der Waals surface area contributed by atoms with Crippen molar-refractivity contribution < 1.29 is 0 Å². The van der Waals surface area contributed by atoms with Crippen LogP contribution in [0.5, 0.6) is 0 Å². The zero-order chi connectivity index (χ0) is 49.8. The Hall–Kier alpha value is -10.3. The van der Waals surface area contributed by atoms with Gasteiger partial charge in [0.15, 0.2) is 11.6 Å².